The normalized spacial score (nSPS) is 10.8. The molecule has 0 saturated carbocycles. The molecule has 0 unspecified atom stereocenters. The molecular formula is C23H19FN4O2. The van der Waals surface area contributed by atoms with E-state index in [0.717, 1.165) is 5.56 Å². The summed E-state index contributed by atoms with van der Waals surface area (Å²) in [5.41, 5.74) is 2.52. The molecule has 3 aromatic carbocycles. The molecular weight excluding hydrogens is 383 g/mol. The van der Waals surface area contributed by atoms with Crippen molar-refractivity contribution in [3.63, 3.8) is 0 Å². The summed E-state index contributed by atoms with van der Waals surface area (Å²) < 4.78 is 15.3. The van der Waals surface area contributed by atoms with Crippen LogP contribution in [0.4, 0.5) is 20.6 Å². The number of benzene rings is 3. The van der Waals surface area contributed by atoms with Crippen LogP contribution in [0.5, 0.6) is 0 Å². The predicted molar refractivity (Wildman–Crippen MR) is 116 cm³/mol. The van der Waals surface area contributed by atoms with Crippen LogP contribution in [0, 0.1) is 19.7 Å². The minimum Gasteiger partial charge on any atom is -0.307 e. The monoisotopic (exact) mass is 402 g/mol. The fourth-order valence-electron chi connectivity index (χ4n) is 3.31. The van der Waals surface area contributed by atoms with Crippen molar-refractivity contribution in [1.82, 2.24) is 9.55 Å². The summed E-state index contributed by atoms with van der Waals surface area (Å²) in [4.78, 5) is 29.7. The Hall–Kier alpha value is -4.00. The van der Waals surface area contributed by atoms with Gasteiger partial charge in [-0.25, -0.2) is 14.2 Å². The summed E-state index contributed by atoms with van der Waals surface area (Å²) in [6.07, 6.45) is 0. The van der Waals surface area contributed by atoms with Crippen LogP contribution < -0.4 is 16.2 Å². The zero-order valence-corrected chi connectivity index (χ0v) is 16.4. The number of carbonyl (C=O) groups is 1. The van der Waals surface area contributed by atoms with Crippen LogP contribution in [0.25, 0.3) is 16.6 Å². The Morgan fingerprint density at radius 2 is 1.63 bits per heavy atom. The second-order valence-electron chi connectivity index (χ2n) is 6.87. The van der Waals surface area contributed by atoms with Gasteiger partial charge in [-0.05, 0) is 61.9 Å². The van der Waals surface area contributed by atoms with Crippen LogP contribution in [0.3, 0.4) is 0 Å². The van der Waals surface area contributed by atoms with Gasteiger partial charge in [0, 0.05) is 5.69 Å². The molecule has 0 aliphatic rings. The minimum atomic E-state index is -0.559. The topological polar surface area (TPSA) is 76.0 Å². The largest absolute Gasteiger partial charge is 0.323 e. The van der Waals surface area contributed by atoms with E-state index >= 15 is 0 Å². The quantitative estimate of drug-likeness (QED) is 0.518. The number of halogens is 1. The SMILES string of the molecule is Cc1cc(-n2c(C)nc3ccccc3c2=O)ccc1NC(=O)Nc1ccccc1F. The van der Waals surface area contributed by atoms with Crippen LogP contribution in [0.15, 0.2) is 71.5 Å². The third kappa shape index (κ3) is 3.65. The van der Waals surface area contributed by atoms with Crippen molar-refractivity contribution in [2.75, 3.05) is 10.6 Å². The first-order valence-electron chi connectivity index (χ1n) is 9.36. The molecule has 1 aromatic heterocycles. The lowest BCUT2D eigenvalue weighted by atomic mass is 10.1. The molecule has 30 heavy (non-hydrogen) atoms. The summed E-state index contributed by atoms with van der Waals surface area (Å²) in [5.74, 6) is 0.0504. The fourth-order valence-corrected chi connectivity index (χ4v) is 3.31. The molecule has 0 aliphatic carbocycles. The molecule has 0 bridgehead atoms. The van der Waals surface area contributed by atoms with E-state index in [9.17, 15) is 14.0 Å². The van der Waals surface area contributed by atoms with Crippen molar-refractivity contribution >= 4 is 28.3 Å². The molecule has 0 aliphatic heterocycles. The van der Waals surface area contributed by atoms with Crippen molar-refractivity contribution in [1.29, 1.82) is 0 Å². The molecule has 6 nitrogen and oxygen atoms in total. The standard InChI is InChI=1S/C23H19FN4O2/c1-14-13-16(28-15(2)25-20-9-5-3-7-17(20)22(28)29)11-12-19(14)26-23(30)27-21-10-6-4-8-18(21)24/h3-13H,1-2H3,(H2,26,27,30). The number of hydrogen-bond acceptors (Lipinski definition) is 3. The van der Waals surface area contributed by atoms with E-state index < -0.39 is 11.8 Å². The van der Waals surface area contributed by atoms with E-state index in [4.69, 9.17) is 0 Å². The number of anilines is 2. The number of rotatable bonds is 3. The van der Waals surface area contributed by atoms with Crippen molar-refractivity contribution in [2.24, 2.45) is 0 Å². The maximum Gasteiger partial charge on any atom is 0.323 e. The second-order valence-corrected chi connectivity index (χ2v) is 6.87. The molecule has 7 heteroatoms. The first kappa shape index (κ1) is 19.3. The number of aryl methyl sites for hydroxylation is 2. The molecule has 4 rings (SSSR count). The third-order valence-electron chi connectivity index (χ3n) is 4.78. The van der Waals surface area contributed by atoms with E-state index in [0.29, 0.717) is 28.1 Å². The summed E-state index contributed by atoms with van der Waals surface area (Å²) in [6.45, 7) is 3.59. The average molecular weight is 402 g/mol. The summed E-state index contributed by atoms with van der Waals surface area (Å²) in [5, 5.41) is 5.72. The lowest BCUT2D eigenvalue weighted by Gasteiger charge is -2.14. The highest BCUT2D eigenvalue weighted by Crippen LogP contribution is 2.21. The smallest absolute Gasteiger partial charge is 0.307 e. The molecule has 4 aromatic rings. The Kier molecular flexibility index (Phi) is 5.02. The van der Waals surface area contributed by atoms with Crippen molar-refractivity contribution in [3.05, 3.63) is 94.3 Å². The van der Waals surface area contributed by atoms with Gasteiger partial charge in [0.15, 0.2) is 0 Å². The molecule has 2 N–H and O–H groups in total. The van der Waals surface area contributed by atoms with Gasteiger partial charge in [-0.3, -0.25) is 9.36 Å². The number of nitrogens with zero attached hydrogens (tertiary/aromatic N) is 2. The van der Waals surface area contributed by atoms with Gasteiger partial charge in [-0.1, -0.05) is 24.3 Å². The first-order chi connectivity index (χ1) is 14.4. The number of carbonyl (C=O) groups excluding carboxylic acids is 1. The molecule has 0 atom stereocenters. The van der Waals surface area contributed by atoms with E-state index in [-0.39, 0.29) is 11.2 Å². The number of amides is 2. The highest BCUT2D eigenvalue weighted by molar-refractivity contribution is 6.00. The second kappa shape index (κ2) is 7.79. The maximum absolute atomic E-state index is 13.7. The number of hydrogen-bond donors (Lipinski definition) is 2. The zero-order chi connectivity index (χ0) is 21.3. The van der Waals surface area contributed by atoms with Crippen molar-refractivity contribution in [3.8, 4) is 5.69 Å². The summed E-state index contributed by atoms with van der Waals surface area (Å²) in [6, 6.07) is 17.8. The number of nitrogens with one attached hydrogen (secondary N) is 2. The number of aromatic nitrogens is 2. The van der Waals surface area contributed by atoms with Gasteiger partial charge in [0.2, 0.25) is 0 Å². The Morgan fingerprint density at radius 1 is 0.933 bits per heavy atom. The molecule has 0 spiro atoms. The average Bonchev–Trinajstić information content (AvgIpc) is 2.72. The predicted octanol–water partition coefficient (Wildman–Crippen LogP) is 4.79. The van der Waals surface area contributed by atoms with Gasteiger partial charge < -0.3 is 10.6 Å². The number of urea groups is 1. The Morgan fingerprint density at radius 3 is 2.40 bits per heavy atom. The Bertz CT molecular complexity index is 1330. The lowest BCUT2D eigenvalue weighted by molar-refractivity contribution is 0.262. The van der Waals surface area contributed by atoms with Gasteiger partial charge >= 0.3 is 6.03 Å². The molecule has 0 radical (unpaired) electrons. The highest BCUT2D eigenvalue weighted by atomic mass is 19.1. The van der Waals surface area contributed by atoms with Crippen LogP contribution in [0.1, 0.15) is 11.4 Å². The summed E-state index contributed by atoms with van der Waals surface area (Å²) in [7, 11) is 0. The van der Waals surface area contributed by atoms with Crippen molar-refractivity contribution < 1.29 is 9.18 Å². The first-order valence-corrected chi connectivity index (χ1v) is 9.36. The van der Waals surface area contributed by atoms with Crippen molar-refractivity contribution in [2.45, 2.75) is 13.8 Å². The molecule has 1 heterocycles. The molecule has 2 amide bonds. The van der Waals surface area contributed by atoms with Crippen LogP contribution in [0.2, 0.25) is 0 Å². The van der Waals surface area contributed by atoms with Crippen LogP contribution in [-0.2, 0) is 0 Å². The van der Waals surface area contributed by atoms with E-state index in [2.05, 4.69) is 15.6 Å². The number of fused-ring (bicyclic) bond motifs is 1. The Labute approximate surface area is 172 Å². The van der Waals surface area contributed by atoms with Gasteiger partial charge in [0.1, 0.15) is 11.6 Å². The zero-order valence-electron chi connectivity index (χ0n) is 16.4. The molecule has 0 fully saturated rings. The maximum atomic E-state index is 13.7. The van der Waals surface area contributed by atoms with Gasteiger partial charge in [0.25, 0.3) is 5.56 Å². The molecule has 0 saturated heterocycles. The number of para-hydroxylation sites is 2. The van der Waals surface area contributed by atoms with E-state index in [1.54, 1.807) is 60.0 Å². The van der Waals surface area contributed by atoms with Gasteiger partial charge in [0.05, 0.1) is 22.3 Å². The highest BCUT2D eigenvalue weighted by Gasteiger charge is 2.12. The van der Waals surface area contributed by atoms with E-state index in [1.807, 2.05) is 13.0 Å². The van der Waals surface area contributed by atoms with E-state index in [1.165, 1.54) is 12.1 Å². The molecule has 150 valence electrons. The summed E-state index contributed by atoms with van der Waals surface area (Å²) >= 11 is 0. The van der Waals surface area contributed by atoms with Crippen LogP contribution in [-0.4, -0.2) is 15.6 Å². The lowest BCUT2D eigenvalue weighted by Crippen LogP contribution is -2.23. The van der Waals surface area contributed by atoms with Crippen LogP contribution >= 0.6 is 0 Å². The Balaban J connectivity index is 1.63. The van der Waals surface area contributed by atoms with Gasteiger partial charge in [-0.2, -0.15) is 0 Å². The fraction of sp³-hybridized carbons (Fsp3) is 0.0870. The third-order valence-corrected chi connectivity index (χ3v) is 4.78. The van der Waals surface area contributed by atoms with Gasteiger partial charge in [-0.15, -0.1) is 0 Å². The minimum absolute atomic E-state index is 0.0914.